The van der Waals surface area contributed by atoms with E-state index >= 15 is 0 Å². The maximum absolute atomic E-state index is 11.3. The Hall–Kier alpha value is -0.800. The van der Waals surface area contributed by atoms with Gasteiger partial charge in [0, 0.05) is 6.21 Å². The predicted octanol–water partition coefficient (Wildman–Crippen LogP) is 2.14. The van der Waals surface area contributed by atoms with E-state index in [0.717, 1.165) is 18.4 Å². The number of halogens is 3. The molecule has 0 aliphatic rings. The molecule has 0 aromatic rings. The lowest BCUT2D eigenvalue weighted by Crippen LogP contribution is -2.03. The first-order valence-corrected chi connectivity index (χ1v) is 2.28. The zero-order chi connectivity index (χ0) is 7.33. The maximum atomic E-state index is 11.3. The van der Waals surface area contributed by atoms with Crippen molar-refractivity contribution in [2.45, 2.75) is 12.6 Å². The number of allylic oxidation sites excluding steroid dienone is 2. The molecular formula is C5H6F3N. The Morgan fingerprint density at radius 1 is 1.33 bits per heavy atom. The van der Waals surface area contributed by atoms with E-state index in [9.17, 15) is 13.2 Å². The molecule has 0 aliphatic carbocycles. The fourth-order valence-electron chi connectivity index (χ4n) is 0.270. The van der Waals surface area contributed by atoms with E-state index in [2.05, 4.69) is 0 Å². The lowest BCUT2D eigenvalue weighted by Gasteiger charge is -1.98. The van der Waals surface area contributed by atoms with Crippen LogP contribution in [-0.2, 0) is 0 Å². The third kappa shape index (κ3) is 7.20. The highest BCUT2D eigenvalue weighted by Crippen LogP contribution is 2.19. The zero-order valence-electron chi connectivity index (χ0n) is 4.57. The molecule has 0 rings (SSSR count). The van der Waals surface area contributed by atoms with Crippen LogP contribution < -0.4 is 0 Å². The Balaban J connectivity index is 3.50. The summed E-state index contributed by atoms with van der Waals surface area (Å²) in [4.78, 5) is 0. The van der Waals surface area contributed by atoms with E-state index < -0.39 is 12.6 Å². The average Bonchev–Trinajstić information content (AvgIpc) is 1.63. The second kappa shape index (κ2) is 3.27. The van der Waals surface area contributed by atoms with Crippen molar-refractivity contribution in [1.29, 1.82) is 5.41 Å². The molecule has 0 fully saturated rings. The lowest BCUT2D eigenvalue weighted by molar-refractivity contribution is -0.124. The molecule has 0 bridgehead atoms. The van der Waals surface area contributed by atoms with Gasteiger partial charge < -0.3 is 5.41 Å². The molecule has 0 spiro atoms. The SMILES string of the molecule is N=C/C=C\CC(F)(F)F. The number of rotatable bonds is 2. The first-order chi connectivity index (χ1) is 4.06. The van der Waals surface area contributed by atoms with E-state index in [1.807, 2.05) is 0 Å². The third-order valence-electron chi connectivity index (χ3n) is 0.582. The number of alkyl halides is 3. The van der Waals surface area contributed by atoms with E-state index in [4.69, 9.17) is 5.41 Å². The molecule has 52 valence electrons. The van der Waals surface area contributed by atoms with E-state index in [1.54, 1.807) is 0 Å². The Bertz CT molecular complexity index is 114. The van der Waals surface area contributed by atoms with Crippen molar-refractivity contribution in [2.75, 3.05) is 0 Å². The van der Waals surface area contributed by atoms with Crippen molar-refractivity contribution in [3.63, 3.8) is 0 Å². The minimum Gasteiger partial charge on any atom is -0.309 e. The summed E-state index contributed by atoms with van der Waals surface area (Å²) < 4.78 is 33.8. The summed E-state index contributed by atoms with van der Waals surface area (Å²) >= 11 is 0. The molecule has 0 aliphatic heterocycles. The molecule has 9 heavy (non-hydrogen) atoms. The van der Waals surface area contributed by atoms with E-state index in [0.29, 0.717) is 0 Å². The molecule has 0 aromatic heterocycles. The van der Waals surface area contributed by atoms with Crippen molar-refractivity contribution in [3.05, 3.63) is 12.2 Å². The summed E-state index contributed by atoms with van der Waals surface area (Å²) in [6, 6.07) is 0. The largest absolute Gasteiger partial charge is 0.392 e. The molecule has 0 saturated carbocycles. The van der Waals surface area contributed by atoms with Crippen LogP contribution in [0.15, 0.2) is 12.2 Å². The molecule has 0 atom stereocenters. The van der Waals surface area contributed by atoms with Crippen molar-refractivity contribution in [3.8, 4) is 0 Å². The summed E-state index contributed by atoms with van der Waals surface area (Å²) in [6.45, 7) is 0. The summed E-state index contributed by atoms with van der Waals surface area (Å²) in [5.74, 6) is 0. The van der Waals surface area contributed by atoms with Crippen molar-refractivity contribution in [2.24, 2.45) is 0 Å². The van der Waals surface area contributed by atoms with E-state index in [-0.39, 0.29) is 0 Å². The monoisotopic (exact) mass is 137 g/mol. The van der Waals surface area contributed by atoms with Gasteiger partial charge in [0.15, 0.2) is 0 Å². The molecule has 0 heterocycles. The summed E-state index contributed by atoms with van der Waals surface area (Å²) in [5, 5.41) is 6.33. The quantitative estimate of drug-likeness (QED) is 0.564. The molecular weight excluding hydrogens is 131 g/mol. The van der Waals surface area contributed by atoms with Gasteiger partial charge >= 0.3 is 6.18 Å². The summed E-state index contributed by atoms with van der Waals surface area (Å²) in [5.41, 5.74) is 0. The van der Waals surface area contributed by atoms with Gasteiger partial charge in [-0.1, -0.05) is 6.08 Å². The topological polar surface area (TPSA) is 23.9 Å². The van der Waals surface area contributed by atoms with Crippen LogP contribution in [0.1, 0.15) is 6.42 Å². The Morgan fingerprint density at radius 3 is 2.22 bits per heavy atom. The van der Waals surface area contributed by atoms with Crippen LogP contribution >= 0.6 is 0 Å². The van der Waals surface area contributed by atoms with Crippen LogP contribution in [0.4, 0.5) is 13.2 Å². The van der Waals surface area contributed by atoms with Crippen LogP contribution in [0.3, 0.4) is 0 Å². The molecule has 1 nitrogen and oxygen atoms in total. The van der Waals surface area contributed by atoms with Gasteiger partial charge in [-0.15, -0.1) is 0 Å². The van der Waals surface area contributed by atoms with Gasteiger partial charge in [-0.25, -0.2) is 0 Å². The van der Waals surface area contributed by atoms with Gasteiger partial charge in [0.1, 0.15) is 0 Å². The highest BCUT2D eigenvalue weighted by molar-refractivity contribution is 5.67. The smallest absolute Gasteiger partial charge is 0.309 e. The maximum Gasteiger partial charge on any atom is 0.392 e. The molecule has 1 N–H and O–H groups in total. The first-order valence-electron chi connectivity index (χ1n) is 2.28. The van der Waals surface area contributed by atoms with Gasteiger partial charge in [0.2, 0.25) is 0 Å². The third-order valence-corrected chi connectivity index (χ3v) is 0.582. The van der Waals surface area contributed by atoms with Crippen LogP contribution in [-0.4, -0.2) is 12.4 Å². The molecule has 0 saturated heterocycles. The van der Waals surface area contributed by atoms with Gasteiger partial charge in [-0.3, -0.25) is 0 Å². The molecule has 0 aromatic carbocycles. The van der Waals surface area contributed by atoms with Gasteiger partial charge in [0.25, 0.3) is 0 Å². The average molecular weight is 137 g/mol. The molecule has 0 radical (unpaired) electrons. The number of hydrogen-bond donors (Lipinski definition) is 1. The summed E-state index contributed by atoms with van der Waals surface area (Å²) in [7, 11) is 0. The lowest BCUT2D eigenvalue weighted by atomic mass is 10.4. The molecule has 0 amide bonds. The highest BCUT2D eigenvalue weighted by atomic mass is 19.4. The van der Waals surface area contributed by atoms with Crippen LogP contribution in [0.25, 0.3) is 0 Å². The van der Waals surface area contributed by atoms with Gasteiger partial charge in [-0.05, 0) is 6.08 Å². The normalized spacial score (nSPS) is 12.3. The second-order valence-electron chi connectivity index (χ2n) is 1.41. The highest BCUT2D eigenvalue weighted by Gasteiger charge is 2.24. The Morgan fingerprint density at radius 2 is 1.89 bits per heavy atom. The van der Waals surface area contributed by atoms with Crippen molar-refractivity contribution >= 4 is 6.21 Å². The number of hydrogen-bond acceptors (Lipinski definition) is 1. The number of nitrogens with one attached hydrogen (secondary N) is 1. The van der Waals surface area contributed by atoms with Crippen molar-refractivity contribution in [1.82, 2.24) is 0 Å². The predicted molar refractivity (Wildman–Crippen MR) is 28.6 cm³/mol. The molecule has 0 unspecified atom stereocenters. The van der Waals surface area contributed by atoms with Gasteiger partial charge in [-0.2, -0.15) is 13.2 Å². The first kappa shape index (κ1) is 8.20. The van der Waals surface area contributed by atoms with Crippen LogP contribution in [0, 0.1) is 5.41 Å². The second-order valence-corrected chi connectivity index (χ2v) is 1.41. The van der Waals surface area contributed by atoms with Gasteiger partial charge in [0.05, 0.1) is 6.42 Å². The van der Waals surface area contributed by atoms with Crippen LogP contribution in [0.5, 0.6) is 0 Å². The Kier molecular flexibility index (Phi) is 2.98. The zero-order valence-corrected chi connectivity index (χ0v) is 4.57. The van der Waals surface area contributed by atoms with Crippen molar-refractivity contribution < 1.29 is 13.2 Å². The summed E-state index contributed by atoms with van der Waals surface area (Å²) in [6.07, 6.45) is -2.34. The molecule has 4 heteroatoms. The fourth-order valence-corrected chi connectivity index (χ4v) is 0.270. The van der Waals surface area contributed by atoms with E-state index in [1.165, 1.54) is 0 Å². The minimum atomic E-state index is -4.14. The van der Waals surface area contributed by atoms with Crippen LogP contribution in [0.2, 0.25) is 0 Å². The fraction of sp³-hybridized carbons (Fsp3) is 0.400. The Labute approximate surface area is 50.7 Å². The standard InChI is InChI=1S/C5H6F3N/c6-5(7,8)3-1-2-4-9/h1-2,4,9H,3H2/b2-1-,9-4?. The minimum absolute atomic E-state index is 0.811.